The van der Waals surface area contributed by atoms with E-state index in [0.717, 1.165) is 12.3 Å². The summed E-state index contributed by atoms with van der Waals surface area (Å²) in [7, 11) is 0. The molecule has 0 aliphatic heterocycles. The van der Waals surface area contributed by atoms with Crippen molar-refractivity contribution in [3.8, 4) is 5.75 Å². The molecule has 1 rings (SSSR count). The fourth-order valence-corrected chi connectivity index (χ4v) is 1.54. The Morgan fingerprint density at radius 1 is 1.24 bits per heavy atom. The lowest BCUT2D eigenvalue weighted by Crippen LogP contribution is -2.19. The Bertz CT molecular complexity index is 364. The molecular weight excluding hydrogens is 210 g/mol. The van der Waals surface area contributed by atoms with Crippen LogP contribution in [0.15, 0.2) is 18.2 Å². The van der Waals surface area contributed by atoms with Gasteiger partial charge in [-0.05, 0) is 49.9 Å². The van der Waals surface area contributed by atoms with E-state index in [1.54, 1.807) is 0 Å². The first-order chi connectivity index (χ1) is 7.78. The van der Waals surface area contributed by atoms with Crippen molar-refractivity contribution in [2.45, 2.75) is 47.6 Å². The standard InChI is InChI=1S/C15H25NO/c1-11(2)17-13-7-8-14(12(3)9-13)16-10-15(4,5)6/h7-9,11,16H,10H2,1-6H3. The fraction of sp³-hybridized carbons (Fsp3) is 0.600. The molecule has 2 heteroatoms. The van der Waals surface area contributed by atoms with Gasteiger partial charge in [0.15, 0.2) is 0 Å². The summed E-state index contributed by atoms with van der Waals surface area (Å²) in [5, 5.41) is 3.48. The first kappa shape index (κ1) is 13.9. The molecule has 0 unspecified atom stereocenters. The van der Waals surface area contributed by atoms with Crippen molar-refractivity contribution in [3.63, 3.8) is 0 Å². The molecular formula is C15H25NO. The molecule has 96 valence electrons. The molecule has 0 heterocycles. The smallest absolute Gasteiger partial charge is 0.120 e. The highest BCUT2D eigenvalue weighted by Crippen LogP contribution is 2.23. The number of hydrogen-bond acceptors (Lipinski definition) is 2. The Morgan fingerprint density at radius 2 is 1.88 bits per heavy atom. The maximum atomic E-state index is 5.67. The molecule has 0 amide bonds. The molecule has 0 bridgehead atoms. The normalized spacial score (nSPS) is 11.7. The lowest BCUT2D eigenvalue weighted by atomic mass is 9.97. The Kier molecular flexibility index (Phi) is 4.44. The van der Waals surface area contributed by atoms with Crippen molar-refractivity contribution in [3.05, 3.63) is 23.8 Å². The lowest BCUT2D eigenvalue weighted by molar-refractivity contribution is 0.242. The summed E-state index contributed by atoms with van der Waals surface area (Å²) in [4.78, 5) is 0. The number of ether oxygens (including phenoxy) is 1. The molecule has 1 aromatic carbocycles. The third-order valence-electron chi connectivity index (χ3n) is 2.38. The third kappa shape index (κ3) is 5.12. The zero-order valence-corrected chi connectivity index (χ0v) is 11.9. The van der Waals surface area contributed by atoms with Gasteiger partial charge in [-0.25, -0.2) is 0 Å². The van der Waals surface area contributed by atoms with Crippen molar-refractivity contribution in [2.75, 3.05) is 11.9 Å². The summed E-state index contributed by atoms with van der Waals surface area (Å²) in [5.41, 5.74) is 2.71. The van der Waals surface area contributed by atoms with Gasteiger partial charge in [-0.2, -0.15) is 0 Å². The maximum absolute atomic E-state index is 5.67. The average Bonchev–Trinajstić information content (AvgIpc) is 2.13. The molecule has 0 radical (unpaired) electrons. The van der Waals surface area contributed by atoms with Crippen LogP contribution in [0.1, 0.15) is 40.2 Å². The van der Waals surface area contributed by atoms with Crippen LogP contribution in [0.25, 0.3) is 0 Å². The van der Waals surface area contributed by atoms with Crippen LogP contribution in [0.3, 0.4) is 0 Å². The predicted molar refractivity (Wildman–Crippen MR) is 74.9 cm³/mol. The van der Waals surface area contributed by atoms with E-state index in [4.69, 9.17) is 4.74 Å². The van der Waals surface area contributed by atoms with Crippen LogP contribution < -0.4 is 10.1 Å². The van der Waals surface area contributed by atoms with E-state index in [2.05, 4.69) is 45.1 Å². The monoisotopic (exact) mass is 235 g/mol. The number of nitrogens with one attached hydrogen (secondary N) is 1. The van der Waals surface area contributed by atoms with Gasteiger partial charge in [0.1, 0.15) is 5.75 Å². The Labute approximate surface area is 105 Å². The minimum atomic E-state index is 0.225. The highest BCUT2D eigenvalue weighted by Gasteiger charge is 2.10. The van der Waals surface area contributed by atoms with Crippen molar-refractivity contribution >= 4 is 5.69 Å². The summed E-state index contributed by atoms with van der Waals surface area (Å²) in [6.07, 6.45) is 0.225. The number of benzene rings is 1. The predicted octanol–water partition coefficient (Wildman–Crippen LogP) is 4.24. The van der Waals surface area contributed by atoms with E-state index in [1.165, 1.54) is 11.3 Å². The highest BCUT2D eigenvalue weighted by molar-refractivity contribution is 5.53. The van der Waals surface area contributed by atoms with Gasteiger partial charge in [0.2, 0.25) is 0 Å². The Hall–Kier alpha value is -1.18. The second kappa shape index (κ2) is 5.44. The van der Waals surface area contributed by atoms with Crippen molar-refractivity contribution < 1.29 is 4.74 Å². The number of rotatable bonds is 4. The molecule has 0 atom stereocenters. The molecule has 1 N–H and O–H groups in total. The Morgan fingerprint density at radius 3 is 2.35 bits per heavy atom. The Balaban J connectivity index is 2.69. The van der Waals surface area contributed by atoms with Crippen LogP contribution >= 0.6 is 0 Å². The van der Waals surface area contributed by atoms with Gasteiger partial charge < -0.3 is 10.1 Å². The zero-order chi connectivity index (χ0) is 13.1. The van der Waals surface area contributed by atoms with E-state index in [9.17, 15) is 0 Å². The van der Waals surface area contributed by atoms with Crippen LogP contribution in [0, 0.1) is 12.3 Å². The second-order valence-corrected chi connectivity index (χ2v) is 6.06. The van der Waals surface area contributed by atoms with Crippen molar-refractivity contribution in [2.24, 2.45) is 5.41 Å². The quantitative estimate of drug-likeness (QED) is 0.842. The van der Waals surface area contributed by atoms with E-state index in [1.807, 2.05) is 19.9 Å². The molecule has 0 aromatic heterocycles. The minimum Gasteiger partial charge on any atom is -0.491 e. The van der Waals surface area contributed by atoms with E-state index in [0.29, 0.717) is 5.41 Å². The van der Waals surface area contributed by atoms with Crippen LogP contribution in [0.5, 0.6) is 5.75 Å². The molecule has 0 fully saturated rings. The summed E-state index contributed by atoms with van der Waals surface area (Å²) in [6, 6.07) is 6.21. The maximum Gasteiger partial charge on any atom is 0.120 e. The topological polar surface area (TPSA) is 21.3 Å². The van der Waals surface area contributed by atoms with E-state index < -0.39 is 0 Å². The number of anilines is 1. The van der Waals surface area contributed by atoms with Crippen LogP contribution in [-0.2, 0) is 0 Å². The highest BCUT2D eigenvalue weighted by atomic mass is 16.5. The SMILES string of the molecule is Cc1cc(OC(C)C)ccc1NCC(C)(C)C. The molecule has 0 aliphatic rings. The lowest BCUT2D eigenvalue weighted by Gasteiger charge is -2.21. The molecule has 0 aliphatic carbocycles. The third-order valence-corrected chi connectivity index (χ3v) is 2.38. The molecule has 0 spiro atoms. The van der Waals surface area contributed by atoms with Gasteiger partial charge in [0.25, 0.3) is 0 Å². The fourth-order valence-electron chi connectivity index (χ4n) is 1.54. The summed E-state index contributed by atoms with van der Waals surface area (Å²) in [6.45, 7) is 13.8. The summed E-state index contributed by atoms with van der Waals surface area (Å²) >= 11 is 0. The average molecular weight is 235 g/mol. The molecule has 0 saturated carbocycles. The van der Waals surface area contributed by atoms with Crippen LogP contribution in [0.4, 0.5) is 5.69 Å². The molecule has 0 saturated heterocycles. The summed E-state index contributed by atoms with van der Waals surface area (Å²) < 4.78 is 5.67. The van der Waals surface area contributed by atoms with Gasteiger partial charge in [-0.15, -0.1) is 0 Å². The van der Waals surface area contributed by atoms with Crippen LogP contribution in [0.2, 0.25) is 0 Å². The largest absolute Gasteiger partial charge is 0.491 e. The van der Waals surface area contributed by atoms with Gasteiger partial charge in [-0.1, -0.05) is 20.8 Å². The first-order valence-corrected chi connectivity index (χ1v) is 6.29. The van der Waals surface area contributed by atoms with Gasteiger partial charge in [0, 0.05) is 12.2 Å². The van der Waals surface area contributed by atoms with Gasteiger partial charge in [-0.3, -0.25) is 0 Å². The van der Waals surface area contributed by atoms with Crippen molar-refractivity contribution in [1.29, 1.82) is 0 Å². The number of aryl methyl sites for hydroxylation is 1. The molecule has 2 nitrogen and oxygen atoms in total. The van der Waals surface area contributed by atoms with Crippen molar-refractivity contribution in [1.82, 2.24) is 0 Å². The first-order valence-electron chi connectivity index (χ1n) is 6.29. The molecule has 17 heavy (non-hydrogen) atoms. The second-order valence-electron chi connectivity index (χ2n) is 6.06. The number of hydrogen-bond donors (Lipinski definition) is 1. The van der Waals surface area contributed by atoms with E-state index in [-0.39, 0.29) is 6.10 Å². The van der Waals surface area contributed by atoms with E-state index >= 15 is 0 Å². The van der Waals surface area contributed by atoms with Gasteiger partial charge in [0.05, 0.1) is 6.10 Å². The minimum absolute atomic E-state index is 0.225. The molecule has 1 aromatic rings. The van der Waals surface area contributed by atoms with Gasteiger partial charge >= 0.3 is 0 Å². The zero-order valence-electron chi connectivity index (χ0n) is 11.9. The summed E-state index contributed by atoms with van der Waals surface area (Å²) in [5.74, 6) is 0.943. The van der Waals surface area contributed by atoms with Crippen LogP contribution in [-0.4, -0.2) is 12.6 Å².